The second kappa shape index (κ2) is 16.7. The SMILES string of the molecule is CCCCCCCCSCC1=CC(CSCCCCCCCC)(C(C)(C)C)C(O)C=C1. The van der Waals surface area contributed by atoms with Crippen molar-refractivity contribution >= 4 is 23.5 Å². The molecule has 0 spiro atoms. The Kier molecular flexibility index (Phi) is 15.7. The number of unbranched alkanes of at least 4 members (excludes halogenated alkanes) is 10. The molecule has 0 bridgehead atoms. The van der Waals surface area contributed by atoms with Crippen LogP contribution in [0.2, 0.25) is 0 Å². The number of allylic oxidation sites excluding steroid dienone is 1. The van der Waals surface area contributed by atoms with Crippen LogP contribution in [-0.4, -0.2) is 34.2 Å². The predicted molar refractivity (Wildman–Crippen MR) is 147 cm³/mol. The van der Waals surface area contributed by atoms with Crippen molar-refractivity contribution in [2.75, 3.05) is 23.0 Å². The van der Waals surface area contributed by atoms with Crippen molar-refractivity contribution in [1.82, 2.24) is 0 Å². The van der Waals surface area contributed by atoms with E-state index in [1.165, 1.54) is 94.1 Å². The zero-order valence-corrected chi connectivity index (χ0v) is 23.0. The van der Waals surface area contributed by atoms with Crippen LogP contribution in [0.1, 0.15) is 112 Å². The Bertz CT molecular complexity index is 506. The molecular formula is C28H52OS2. The first-order valence-electron chi connectivity index (χ1n) is 13.1. The Hall–Kier alpha value is 0.140. The second-order valence-corrected chi connectivity index (χ2v) is 12.7. The molecule has 0 amide bonds. The summed E-state index contributed by atoms with van der Waals surface area (Å²) in [6, 6.07) is 0. The summed E-state index contributed by atoms with van der Waals surface area (Å²) in [5.41, 5.74) is 1.29. The predicted octanol–water partition coefficient (Wildman–Crippen LogP) is 9.06. The van der Waals surface area contributed by atoms with E-state index in [-0.39, 0.29) is 16.9 Å². The molecule has 1 aliphatic carbocycles. The van der Waals surface area contributed by atoms with Gasteiger partial charge in [-0.05, 0) is 35.3 Å². The van der Waals surface area contributed by atoms with Crippen LogP contribution >= 0.6 is 23.5 Å². The minimum atomic E-state index is -0.378. The number of rotatable bonds is 18. The molecule has 3 heteroatoms. The topological polar surface area (TPSA) is 20.2 Å². The van der Waals surface area contributed by atoms with E-state index in [1.807, 2.05) is 0 Å². The van der Waals surface area contributed by atoms with Gasteiger partial charge in [-0.3, -0.25) is 0 Å². The lowest BCUT2D eigenvalue weighted by Crippen LogP contribution is -2.47. The van der Waals surface area contributed by atoms with Gasteiger partial charge in [0.25, 0.3) is 0 Å². The minimum absolute atomic E-state index is 0.0422. The van der Waals surface area contributed by atoms with E-state index in [1.54, 1.807) is 0 Å². The monoisotopic (exact) mass is 468 g/mol. The fourth-order valence-electron chi connectivity index (χ4n) is 4.34. The number of aliphatic hydroxyl groups is 1. The molecule has 0 heterocycles. The summed E-state index contributed by atoms with van der Waals surface area (Å²) in [6.07, 6.45) is 22.7. The summed E-state index contributed by atoms with van der Waals surface area (Å²) in [5.74, 6) is 4.58. The summed E-state index contributed by atoms with van der Waals surface area (Å²) in [5, 5.41) is 11.0. The van der Waals surface area contributed by atoms with Crippen molar-refractivity contribution in [3.8, 4) is 0 Å². The van der Waals surface area contributed by atoms with Gasteiger partial charge in [0.1, 0.15) is 0 Å². The summed E-state index contributed by atoms with van der Waals surface area (Å²) in [7, 11) is 0. The molecule has 182 valence electrons. The van der Waals surface area contributed by atoms with Crippen LogP contribution in [0.25, 0.3) is 0 Å². The van der Waals surface area contributed by atoms with Gasteiger partial charge in [-0.1, -0.05) is 117 Å². The van der Waals surface area contributed by atoms with Crippen LogP contribution in [0.15, 0.2) is 23.8 Å². The number of hydrogen-bond acceptors (Lipinski definition) is 3. The zero-order valence-electron chi connectivity index (χ0n) is 21.4. The van der Waals surface area contributed by atoms with E-state index in [9.17, 15) is 5.11 Å². The van der Waals surface area contributed by atoms with Crippen LogP contribution < -0.4 is 0 Å². The van der Waals surface area contributed by atoms with Crippen molar-refractivity contribution in [2.45, 2.75) is 118 Å². The van der Waals surface area contributed by atoms with Gasteiger partial charge in [-0.15, -0.1) is 0 Å². The van der Waals surface area contributed by atoms with Gasteiger partial charge in [0.05, 0.1) is 6.10 Å². The molecule has 2 atom stereocenters. The minimum Gasteiger partial charge on any atom is -0.388 e. The fourth-order valence-corrected chi connectivity index (χ4v) is 6.89. The van der Waals surface area contributed by atoms with Gasteiger partial charge >= 0.3 is 0 Å². The number of thioether (sulfide) groups is 2. The van der Waals surface area contributed by atoms with Crippen LogP contribution in [0.3, 0.4) is 0 Å². The molecule has 0 aromatic rings. The highest BCUT2D eigenvalue weighted by atomic mass is 32.2. The Balaban J connectivity index is 2.49. The fraction of sp³-hybridized carbons (Fsp3) is 0.857. The first-order valence-corrected chi connectivity index (χ1v) is 15.4. The average Bonchev–Trinajstić information content (AvgIpc) is 2.73. The van der Waals surface area contributed by atoms with E-state index >= 15 is 0 Å². The molecule has 0 saturated heterocycles. The molecule has 0 aromatic carbocycles. The second-order valence-electron chi connectivity index (χ2n) is 10.5. The van der Waals surface area contributed by atoms with E-state index < -0.39 is 0 Å². The maximum atomic E-state index is 11.0. The Labute approximate surface area is 203 Å². The smallest absolute Gasteiger partial charge is 0.0827 e. The quantitative estimate of drug-likeness (QED) is 0.203. The number of hydrogen-bond donors (Lipinski definition) is 1. The third kappa shape index (κ3) is 11.2. The summed E-state index contributed by atoms with van der Waals surface area (Å²) < 4.78 is 0. The summed E-state index contributed by atoms with van der Waals surface area (Å²) in [6.45, 7) is 11.5. The van der Waals surface area contributed by atoms with Gasteiger partial charge < -0.3 is 5.11 Å². The van der Waals surface area contributed by atoms with Crippen LogP contribution in [-0.2, 0) is 0 Å². The van der Waals surface area contributed by atoms with Gasteiger partial charge in [0.15, 0.2) is 0 Å². The van der Waals surface area contributed by atoms with Gasteiger partial charge in [0, 0.05) is 16.9 Å². The van der Waals surface area contributed by atoms with Crippen molar-refractivity contribution < 1.29 is 5.11 Å². The Morgan fingerprint density at radius 1 is 0.806 bits per heavy atom. The highest BCUT2D eigenvalue weighted by molar-refractivity contribution is 7.99. The number of aliphatic hydroxyl groups excluding tert-OH is 1. The lowest BCUT2D eigenvalue weighted by atomic mass is 9.62. The van der Waals surface area contributed by atoms with Crippen molar-refractivity contribution in [3.63, 3.8) is 0 Å². The molecule has 1 rings (SSSR count). The molecule has 2 unspecified atom stereocenters. The summed E-state index contributed by atoms with van der Waals surface area (Å²) in [4.78, 5) is 0. The Morgan fingerprint density at radius 3 is 1.87 bits per heavy atom. The van der Waals surface area contributed by atoms with Gasteiger partial charge in [-0.2, -0.15) is 23.5 Å². The lowest BCUT2D eigenvalue weighted by molar-refractivity contribution is 0.0285. The standard InChI is InChI=1S/C28H52OS2/c1-6-8-10-12-14-16-20-30-23-25-18-19-26(29)28(22-25,27(3,4)5)24-31-21-17-15-13-11-9-7-2/h18-19,22,26,29H,6-17,20-21,23-24H2,1-5H3. The third-order valence-electron chi connectivity index (χ3n) is 6.75. The lowest BCUT2D eigenvalue weighted by Gasteiger charge is -2.47. The Morgan fingerprint density at radius 2 is 1.32 bits per heavy atom. The maximum Gasteiger partial charge on any atom is 0.0827 e. The molecule has 1 N–H and O–H groups in total. The molecule has 0 aliphatic heterocycles. The molecule has 1 nitrogen and oxygen atoms in total. The highest BCUT2D eigenvalue weighted by Crippen LogP contribution is 2.48. The largest absolute Gasteiger partial charge is 0.388 e. The average molecular weight is 469 g/mol. The van der Waals surface area contributed by atoms with Crippen LogP contribution in [0, 0.1) is 10.8 Å². The van der Waals surface area contributed by atoms with E-state index in [0.29, 0.717) is 0 Å². The van der Waals surface area contributed by atoms with E-state index in [2.05, 4.69) is 76.4 Å². The maximum absolute atomic E-state index is 11.0. The molecule has 0 fully saturated rings. The van der Waals surface area contributed by atoms with Gasteiger partial charge in [-0.25, -0.2) is 0 Å². The van der Waals surface area contributed by atoms with E-state index in [0.717, 1.165) is 11.5 Å². The highest BCUT2D eigenvalue weighted by Gasteiger charge is 2.46. The molecule has 31 heavy (non-hydrogen) atoms. The molecule has 0 saturated carbocycles. The van der Waals surface area contributed by atoms with Crippen molar-refractivity contribution in [3.05, 3.63) is 23.8 Å². The van der Waals surface area contributed by atoms with Crippen molar-refractivity contribution in [1.29, 1.82) is 0 Å². The summed E-state index contributed by atoms with van der Waals surface area (Å²) >= 11 is 4.12. The van der Waals surface area contributed by atoms with Crippen LogP contribution in [0.4, 0.5) is 0 Å². The first-order chi connectivity index (χ1) is 14.9. The zero-order chi connectivity index (χ0) is 23.0. The molecule has 0 aromatic heterocycles. The third-order valence-corrected chi connectivity index (χ3v) is 9.13. The van der Waals surface area contributed by atoms with E-state index in [4.69, 9.17) is 0 Å². The molecule has 0 radical (unpaired) electrons. The normalized spacial score (nSPS) is 21.5. The molecular weight excluding hydrogens is 416 g/mol. The van der Waals surface area contributed by atoms with Crippen LogP contribution in [0.5, 0.6) is 0 Å². The molecule has 1 aliphatic rings. The first kappa shape index (κ1) is 29.2. The van der Waals surface area contributed by atoms with Crippen molar-refractivity contribution in [2.24, 2.45) is 10.8 Å². The van der Waals surface area contributed by atoms with Gasteiger partial charge in [0.2, 0.25) is 0 Å².